The van der Waals surface area contributed by atoms with Gasteiger partial charge in [-0.1, -0.05) is 20.5 Å². The highest BCUT2D eigenvalue weighted by atomic mass is 15.1. The second-order valence-electron chi connectivity index (χ2n) is 2.44. The molecule has 0 heterocycles. The number of rotatable bonds is 6. The van der Waals surface area contributed by atoms with Gasteiger partial charge in [-0.2, -0.15) is 0 Å². The molecule has 0 aliphatic rings. The number of hydrogen-bond acceptors (Lipinski definition) is 1. The van der Waals surface area contributed by atoms with Gasteiger partial charge in [0.15, 0.2) is 0 Å². The van der Waals surface area contributed by atoms with Crippen molar-refractivity contribution in [3.63, 3.8) is 0 Å². The summed E-state index contributed by atoms with van der Waals surface area (Å²) < 4.78 is 0. The first-order chi connectivity index (χ1) is 4.85. The fourth-order valence-corrected chi connectivity index (χ4v) is 0.998. The van der Waals surface area contributed by atoms with Crippen molar-refractivity contribution >= 4 is 21.8 Å². The van der Waals surface area contributed by atoms with Crippen molar-refractivity contribution in [1.82, 2.24) is 4.90 Å². The molecule has 0 bridgehead atoms. The van der Waals surface area contributed by atoms with Gasteiger partial charge in [-0.25, -0.2) is 0 Å². The normalized spacial score (nSPS) is 9.60. The molecule has 0 aromatic carbocycles. The highest BCUT2D eigenvalue weighted by Crippen LogP contribution is 1.83. The van der Waals surface area contributed by atoms with Gasteiger partial charge in [-0.05, 0) is 19.3 Å². The molecule has 0 N–H and O–H groups in total. The summed E-state index contributed by atoms with van der Waals surface area (Å²) in [5, 5.41) is 0. The third kappa shape index (κ3) is 4.98. The Bertz CT molecular complexity index is 55.7. The Morgan fingerprint density at radius 3 is 1.30 bits per heavy atom. The number of nitrogens with zero attached hydrogens (tertiary/aromatic N) is 1. The van der Waals surface area contributed by atoms with Gasteiger partial charge in [-0.15, -0.1) is 0 Å². The Labute approximate surface area is 67.3 Å². The summed E-state index contributed by atoms with van der Waals surface area (Å²) in [4.78, 5) is 2.38. The Morgan fingerprint density at radius 1 is 0.800 bits per heavy atom. The van der Waals surface area contributed by atoms with E-state index in [0.29, 0.717) is 0 Å². The molecule has 0 aliphatic heterocycles. The zero-order valence-corrected chi connectivity index (χ0v) is 7.30. The molecule has 0 aromatic heterocycles. The molecule has 1 nitrogen and oxygen atoms in total. The van der Waals surface area contributed by atoms with Crippen LogP contribution in [0.25, 0.3) is 0 Å². The summed E-state index contributed by atoms with van der Waals surface area (Å²) in [6, 6.07) is 0. The predicted octanol–water partition coefficient (Wildman–Crippen LogP) is 0.418. The van der Waals surface area contributed by atoms with Crippen LogP contribution in [0.5, 0.6) is 0 Å². The largest absolute Gasteiger partial charge is 0.327 e. The first-order valence-corrected chi connectivity index (χ1v) is 3.91. The Hall–Kier alpha value is 0.155. The first kappa shape index (κ1) is 10.2. The molecule has 0 rings (SSSR count). The molecule has 4 heteroatoms. The van der Waals surface area contributed by atoms with Crippen molar-refractivity contribution in [2.24, 2.45) is 0 Å². The van der Waals surface area contributed by atoms with E-state index in [4.69, 9.17) is 0 Å². The predicted molar refractivity (Wildman–Crippen MR) is 51.3 cm³/mol. The van der Waals surface area contributed by atoms with Crippen LogP contribution in [-0.4, -0.2) is 46.1 Å². The van der Waals surface area contributed by atoms with E-state index in [1.165, 1.54) is 0 Å². The first-order valence-electron chi connectivity index (χ1n) is 3.91. The Morgan fingerprint density at radius 2 is 1.10 bits per heavy atom. The van der Waals surface area contributed by atoms with Gasteiger partial charge < -0.3 is 4.90 Å². The van der Waals surface area contributed by atoms with Gasteiger partial charge in [0, 0.05) is 0 Å². The highest BCUT2D eigenvalue weighted by Gasteiger charge is 1.99. The molecular weight excluding hydrogens is 119 g/mol. The fourth-order valence-electron chi connectivity index (χ4n) is 0.998. The number of hydrogen-bond donors (Lipinski definition) is 0. The summed E-state index contributed by atoms with van der Waals surface area (Å²) in [7, 11) is 6.56. The van der Waals surface area contributed by atoms with E-state index < -0.39 is 0 Å². The zero-order chi connectivity index (χ0) is 7.82. The lowest BCUT2D eigenvalue weighted by Crippen LogP contribution is -2.33. The summed E-state index contributed by atoms with van der Waals surface area (Å²) in [5.74, 6) is 0. The quantitative estimate of drug-likeness (QED) is 0.475. The van der Waals surface area contributed by atoms with Gasteiger partial charge in [0.05, 0.1) is 0 Å². The monoisotopic (exact) mass is 134 g/mol. The van der Waals surface area contributed by atoms with Crippen molar-refractivity contribution in [2.45, 2.75) is 20.5 Å². The maximum Gasteiger partial charge on any atom is 0.125 e. The molecule has 0 aliphatic carbocycles. The van der Waals surface area contributed by atoms with Crippen molar-refractivity contribution in [3.8, 4) is 0 Å². The van der Waals surface area contributed by atoms with E-state index in [0.717, 1.165) is 19.3 Å². The van der Waals surface area contributed by atoms with E-state index in [1.807, 2.05) is 0 Å². The van der Waals surface area contributed by atoms with Gasteiger partial charge in [0.2, 0.25) is 0 Å². The molecule has 0 spiro atoms. The SMILES string of the molecule is C[B]CN(C[B]C)C[B]C. The Kier molecular flexibility index (Phi) is 7.38. The topological polar surface area (TPSA) is 3.24 Å². The van der Waals surface area contributed by atoms with Crippen LogP contribution >= 0.6 is 0 Å². The summed E-state index contributed by atoms with van der Waals surface area (Å²) >= 11 is 0. The van der Waals surface area contributed by atoms with Crippen molar-refractivity contribution < 1.29 is 0 Å². The van der Waals surface area contributed by atoms with E-state index in [-0.39, 0.29) is 0 Å². The average Bonchev–Trinajstić information content (AvgIpc) is 1.90. The molecule has 10 heavy (non-hydrogen) atoms. The van der Waals surface area contributed by atoms with Gasteiger partial charge in [0.1, 0.15) is 21.8 Å². The fraction of sp³-hybridized carbons (Fsp3) is 1.00. The molecule has 0 aromatic rings. The van der Waals surface area contributed by atoms with Crippen molar-refractivity contribution in [2.75, 3.05) is 19.3 Å². The van der Waals surface area contributed by atoms with Crippen molar-refractivity contribution in [3.05, 3.63) is 0 Å². The van der Waals surface area contributed by atoms with E-state index in [2.05, 4.69) is 47.2 Å². The van der Waals surface area contributed by atoms with Crippen LogP contribution in [0.15, 0.2) is 0 Å². The third-order valence-electron chi connectivity index (χ3n) is 1.32. The summed E-state index contributed by atoms with van der Waals surface area (Å²) in [6.45, 7) is 6.29. The molecule has 3 radical (unpaired) electrons. The molecule has 0 unspecified atom stereocenters. The highest BCUT2D eigenvalue weighted by molar-refractivity contribution is 6.37. The van der Waals surface area contributed by atoms with Crippen molar-refractivity contribution in [1.29, 1.82) is 0 Å². The zero-order valence-electron chi connectivity index (χ0n) is 7.30. The second-order valence-corrected chi connectivity index (χ2v) is 2.44. The van der Waals surface area contributed by atoms with Gasteiger partial charge in [-0.3, -0.25) is 0 Å². The maximum atomic E-state index is 2.38. The lowest BCUT2D eigenvalue weighted by molar-refractivity contribution is 0.427. The van der Waals surface area contributed by atoms with E-state index >= 15 is 0 Å². The lowest BCUT2D eigenvalue weighted by Gasteiger charge is -2.19. The van der Waals surface area contributed by atoms with Crippen LogP contribution in [0.4, 0.5) is 0 Å². The van der Waals surface area contributed by atoms with Crippen LogP contribution < -0.4 is 0 Å². The molecule has 0 amide bonds. The van der Waals surface area contributed by atoms with Crippen LogP contribution in [0.2, 0.25) is 20.5 Å². The molecule has 53 valence electrons. The average molecular weight is 134 g/mol. The van der Waals surface area contributed by atoms with Crippen LogP contribution in [-0.2, 0) is 0 Å². The molecule has 0 saturated heterocycles. The smallest absolute Gasteiger partial charge is 0.125 e. The van der Waals surface area contributed by atoms with E-state index in [1.54, 1.807) is 0 Å². The molecular formula is C6H15B3N. The van der Waals surface area contributed by atoms with Gasteiger partial charge in [0.25, 0.3) is 0 Å². The van der Waals surface area contributed by atoms with Crippen LogP contribution in [0.1, 0.15) is 0 Å². The third-order valence-corrected chi connectivity index (χ3v) is 1.32. The molecule has 0 saturated carbocycles. The molecule has 0 atom stereocenters. The molecule has 0 fully saturated rings. The second kappa shape index (κ2) is 7.26. The summed E-state index contributed by atoms with van der Waals surface area (Å²) in [5.41, 5.74) is 0. The Balaban J connectivity index is 3.30. The minimum atomic E-state index is 1.09. The lowest BCUT2D eigenvalue weighted by atomic mass is 9.74. The van der Waals surface area contributed by atoms with E-state index in [9.17, 15) is 0 Å². The minimum absolute atomic E-state index is 1.09. The summed E-state index contributed by atoms with van der Waals surface area (Å²) in [6.07, 6.45) is 3.28. The van der Waals surface area contributed by atoms with Crippen LogP contribution in [0, 0.1) is 0 Å². The van der Waals surface area contributed by atoms with Gasteiger partial charge >= 0.3 is 0 Å². The van der Waals surface area contributed by atoms with Crippen LogP contribution in [0.3, 0.4) is 0 Å². The minimum Gasteiger partial charge on any atom is -0.327 e. The maximum absolute atomic E-state index is 2.38. The standard InChI is InChI=1S/C6H15B3N/c1-7-4-10(5-8-2)6-9-3/h4-6H2,1-3H3.